The maximum Gasteiger partial charge on any atom is 0.119 e. The summed E-state index contributed by atoms with van der Waals surface area (Å²) in [5.74, 6) is 0.345. The molecule has 0 aliphatic heterocycles. The first-order valence-electron chi connectivity index (χ1n) is 7.49. The Morgan fingerprint density at radius 3 is 2.14 bits per heavy atom. The number of hydrogen-bond acceptors (Lipinski definition) is 4. The normalized spacial score (nSPS) is 13.7. The number of phenolic OH excluding ortho intramolecular Hbond substituents is 2. The quantitative estimate of drug-likeness (QED) is 0.616. The summed E-state index contributed by atoms with van der Waals surface area (Å²) < 4.78 is 0. The summed E-state index contributed by atoms with van der Waals surface area (Å²) in [6.07, 6.45) is 1.67. The molecule has 4 heteroatoms. The Morgan fingerprint density at radius 2 is 1.55 bits per heavy atom. The van der Waals surface area contributed by atoms with Crippen molar-refractivity contribution in [3.05, 3.63) is 53.6 Å². The molecule has 0 saturated heterocycles. The second-order valence-electron chi connectivity index (χ2n) is 5.93. The van der Waals surface area contributed by atoms with Crippen LogP contribution in [0, 0.1) is 5.92 Å². The predicted octanol–water partition coefficient (Wildman–Crippen LogP) is 3.37. The second kappa shape index (κ2) is 7.18. The molecule has 0 aliphatic rings. The van der Waals surface area contributed by atoms with Crippen molar-refractivity contribution in [3.63, 3.8) is 0 Å². The highest BCUT2D eigenvalue weighted by molar-refractivity contribution is 5.39. The van der Waals surface area contributed by atoms with E-state index >= 15 is 0 Å². The van der Waals surface area contributed by atoms with Gasteiger partial charge in [-0.25, -0.2) is 0 Å². The van der Waals surface area contributed by atoms with Gasteiger partial charge in [-0.1, -0.05) is 19.1 Å². The fourth-order valence-corrected chi connectivity index (χ4v) is 2.58. The standard InChI is InChI=1S/C18H23NO3/c1-12(8-13-3-5-15(19)6-4-13)2-7-18(22)14-9-16(20)11-17(21)10-14/h3-6,9-12,18,20-22H,2,7-8,19H2,1H3/t12-,18-/m1/s1. The zero-order chi connectivity index (χ0) is 16.1. The molecule has 0 bridgehead atoms. The summed E-state index contributed by atoms with van der Waals surface area (Å²) in [5, 5.41) is 29.1. The highest BCUT2D eigenvalue weighted by atomic mass is 16.3. The average Bonchev–Trinajstić information content (AvgIpc) is 2.46. The third kappa shape index (κ3) is 4.67. The van der Waals surface area contributed by atoms with Gasteiger partial charge < -0.3 is 21.1 Å². The van der Waals surface area contributed by atoms with Crippen molar-refractivity contribution in [3.8, 4) is 11.5 Å². The maximum atomic E-state index is 10.2. The van der Waals surface area contributed by atoms with Crippen molar-refractivity contribution in [1.82, 2.24) is 0 Å². The van der Waals surface area contributed by atoms with Gasteiger partial charge in [-0.05, 0) is 60.6 Å². The first kappa shape index (κ1) is 16.2. The zero-order valence-electron chi connectivity index (χ0n) is 12.7. The van der Waals surface area contributed by atoms with E-state index in [4.69, 9.17) is 5.73 Å². The first-order valence-corrected chi connectivity index (χ1v) is 7.49. The summed E-state index contributed by atoms with van der Waals surface area (Å²) in [7, 11) is 0. The van der Waals surface area contributed by atoms with Gasteiger partial charge in [0, 0.05) is 11.8 Å². The van der Waals surface area contributed by atoms with Crippen molar-refractivity contribution < 1.29 is 15.3 Å². The number of aromatic hydroxyl groups is 2. The van der Waals surface area contributed by atoms with E-state index in [-0.39, 0.29) is 11.5 Å². The Labute approximate surface area is 130 Å². The fourth-order valence-electron chi connectivity index (χ4n) is 2.58. The van der Waals surface area contributed by atoms with Crippen LogP contribution in [0.25, 0.3) is 0 Å². The fraction of sp³-hybridized carbons (Fsp3) is 0.333. The van der Waals surface area contributed by atoms with E-state index in [0.29, 0.717) is 17.9 Å². The van der Waals surface area contributed by atoms with E-state index in [9.17, 15) is 15.3 Å². The summed E-state index contributed by atoms with van der Waals surface area (Å²) in [5.41, 5.74) is 8.20. The summed E-state index contributed by atoms with van der Waals surface area (Å²) in [6, 6.07) is 12.0. The summed E-state index contributed by atoms with van der Waals surface area (Å²) >= 11 is 0. The minimum Gasteiger partial charge on any atom is -0.508 e. The number of anilines is 1. The molecule has 118 valence electrons. The molecule has 0 saturated carbocycles. The minimum absolute atomic E-state index is 0.0380. The van der Waals surface area contributed by atoms with Crippen molar-refractivity contribution in [1.29, 1.82) is 0 Å². The van der Waals surface area contributed by atoms with Crippen LogP contribution in [0.1, 0.15) is 37.0 Å². The topological polar surface area (TPSA) is 86.7 Å². The van der Waals surface area contributed by atoms with Crippen molar-refractivity contribution >= 4 is 5.69 Å². The Hall–Kier alpha value is -2.20. The van der Waals surface area contributed by atoms with E-state index in [1.165, 1.54) is 23.8 Å². The molecule has 2 aromatic rings. The molecule has 0 aromatic heterocycles. The van der Waals surface area contributed by atoms with Gasteiger partial charge in [0.1, 0.15) is 11.5 Å². The molecular formula is C18H23NO3. The van der Waals surface area contributed by atoms with Crippen LogP contribution < -0.4 is 5.73 Å². The number of nitrogens with two attached hydrogens (primary N) is 1. The van der Waals surface area contributed by atoms with Crippen LogP contribution in [0.4, 0.5) is 5.69 Å². The molecule has 2 rings (SSSR count). The maximum absolute atomic E-state index is 10.2. The van der Waals surface area contributed by atoms with Crippen LogP contribution in [0.2, 0.25) is 0 Å². The Kier molecular flexibility index (Phi) is 5.28. The number of rotatable bonds is 6. The van der Waals surface area contributed by atoms with Gasteiger partial charge in [-0.3, -0.25) is 0 Å². The zero-order valence-corrected chi connectivity index (χ0v) is 12.7. The molecular weight excluding hydrogens is 278 g/mol. The smallest absolute Gasteiger partial charge is 0.119 e. The third-order valence-corrected chi connectivity index (χ3v) is 3.81. The van der Waals surface area contributed by atoms with E-state index < -0.39 is 6.10 Å². The van der Waals surface area contributed by atoms with Crippen molar-refractivity contribution in [2.75, 3.05) is 5.73 Å². The molecule has 2 aromatic carbocycles. The Morgan fingerprint density at radius 1 is 0.955 bits per heavy atom. The van der Waals surface area contributed by atoms with E-state index in [2.05, 4.69) is 6.92 Å². The molecule has 0 aliphatic carbocycles. The van der Waals surface area contributed by atoms with Gasteiger partial charge in [0.25, 0.3) is 0 Å². The predicted molar refractivity (Wildman–Crippen MR) is 87.7 cm³/mol. The summed E-state index contributed by atoms with van der Waals surface area (Å²) in [6.45, 7) is 2.14. The number of hydrogen-bond donors (Lipinski definition) is 4. The molecule has 0 spiro atoms. The highest BCUT2D eigenvalue weighted by Crippen LogP contribution is 2.28. The lowest BCUT2D eigenvalue weighted by molar-refractivity contribution is 0.157. The SMILES string of the molecule is C[C@H](CC[C@@H](O)c1cc(O)cc(O)c1)Cc1ccc(N)cc1. The lowest BCUT2D eigenvalue weighted by Crippen LogP contribution is -2.04. The average molecular weight is 301 g/mol. The van der Waals surface area contributed by atoms with E-state index in [1.807, 2.05) is 24.3 Å². The van der Waals surface area contributed by atoms with Crippen LogP contribution in [0.15, 0.2) is 42.5 Å². The molecule has 0 fully saturated rings. The number of phenols is 2. The molecule has 0 unspecified atom stereocenters. The van der Waals surface area contributed by atoms with Gasteiger partial charge in [0.05, 0.1) is 6.10 Å². The van der Waals surface area contributed by atoms with Gasteiger partial charge in [-0.15, -0.1) is 0 Å². The lowest BCUT2D eigenvalue weighted by atomic mass is 9.93. The lowest BCUT2D eigenvalue weighted by Gasteiger charge is -2.16. The molecule has 4 nitrogen and oxygen atoms in total. The number of benzene rings is 2. The second-order valence-corrected chi connectivity index (χ2v) is 5.93. The molecule has 5 N–H and O–H groups in total. The highest BCUT2D eigenvalue weighted by Gasteiger charge is 2.12. The van der Waals surface area contributed by atoms with Gasteiger partial charge in [0.15, 0.2) is 0 Å². The van der Waals surface area contributed by atoms with Crippen LogP contribution in [-0.4, -0.2) is 15.3 Å². The number of nitrogen functional groups attached to an aromatic ring is 1. The third-order valence-electron chi connectivity index (χ3n) is 3.81. The molecule has 2 atom stereocenters. The van der Waals surface area contributed by atoms with Crippen molar-refractivity contribution in [2.24, 2.45) is 5.92 Å². The molecule has 0 radical (unpaired) electrons. The Balaban J connectivity index is 1.87. The largest absolute Gasteiger partial charge is 0.508 e. The van der Waals surface area contributed by atoms with Gasteiger partial charge >= 0.3 is 0 Å². The van der Waals surface area contributed by atoms with Gasteiger partial charge in [-0.2, -0.15) is 0 Å². The molecule has 22 heavy (non-hydrogen) atoms. The monoisotopic (exact) mass is 301 g/mol. The van der Waals surface area contributed by atoms with Crippen LogP contribution in [0.5, 0.6) is 11.5 Å². The number of aliphatic hydroxyl groups is 1. The van der Waals surface area contributed by atoms with Crippen LogP contribution in [0.3, 0.4) is 0 Å². The summed E-state index contributed by atoms with van der Waals surface area (Å²) in [4.78, 5) is 0. The number of aliphatic hydroxyl groups excluding tert-OH is 1. The first-order chi connectivity index (χ1) is 10.4. The minimum atomic E-state index is -0.688. The molecule has 0 heterocycles. The van der Waals surface area contributed by atoms with Gasteiger partial charge in [0.2, 0.25) is 0 Å². The van der Waals surface area contributed by atoms with Crippen molar-refractivity contribution in [2.45, 2.75) is 32.3 Å². The van der Waals surface area contributed by atoms with Crippen LogP contribution in [-0.2, 0) is 6.42 Å². The molecule has 0 amide bonds. The van der Waals surface area contributed by atoms with E-state index in [0.717, 1.165) is 18.5 Å². The van der Waals surface area contributed by atoms with E-state index in [1.54, 1.807) is 0 Å². The van der Waals surface area contributed by atoms with Crippen LogP contribution >= 0.6 is 0 Å². The Bertz CT molecular complexity index is 590.